The van der Waals surface area contributed by atoms with Crippen molar-refractivity contribution in [1.29, 1.82) is 0 Å². The standard InChI is InChI=1S/C16H35O4P.Na/c1-5-6-7-8-9-10-11-12-13-14-15-19-21(17,18)20-16(2,3)4;/h5-15H2,1-4H3,(H,17,18);/q;+1/p-1. The van der Waals surface area contributed by atoms with Gasteiger partial charge < -0.3 is 13.9 Å². The summed E-state index contributed by atoms with van der Waals surface area (Å²) in [6.07, 6.45) is 12.1. The molecule has 0 heterocycles. The molecule has 1 atom stereocenters. The number of phosphoric acid groups is 1. The summed E-state index contributed by atoms with van der Waals surface area (Å²) in [5, 5.41) is 0. The second-order valence-electron chi connectivity index (χ2n) is 6.67. The third-order valence-corrected chi connectivity index (χ3v) is 4.40. The Morgan fingerprint density at radius 2 is 1.27 bits per heavy atom. The van der Waals surface area contributed by atoms with E-state index in [1.54, 1.807) is 20.8 Å². The van der Waals surface area contributed by atoms with Crippen LogP contribution < -0.4 is 34.5 Å². The van der Waals surface area contributed by atoms with Gasteiger partial charge in [-0.3, -0.25) is 4.57 Å². The molecule has 0 aromatic rings. The third-order valence-electron chi connectivity index (χ3n) is 3.13. The molecule has 0 fully saturated rings. The van der Waals surface area contributed by atoms with Crippen LogP contribution in [0.15, 0.2) is 0 Å². The van der Waals surface area contributed by atoms with Crippen molar-refractivity contribution >= 4 is 7.82 Å². The molecule has 0 aliphatic carbocycles. The molecule has 0 rings (SSSR count). The zero-order chi connectivity index (χ0) is 16.2. The second kappa shape index (κ2) is 14.5. The number of hydrogen-bond donors (Lipinski definition) is 0. The Hall–Kier alpha value is 1.11. The fourth-order valence-corrected chi connectivity index (χ4v) is 3.20. The van der Waals surface area contributed by atoms with Crippen LogP contribution in [0.3, 0.4) is 0 Å². The van der Waals surface area contributed by atoms with E-state index >= 15 is 0 Å². The summed E-state index contributed by atoms with van der Waals surface area (Å²) < 4.78 is 21.2. The smallest absolute Gasteiger partial charge is 0.756 e. The van der Waals surface area contributed by atoms with Crippen molar-refractivity contribution in [1.82, 2.24) is 0 Å². The van der Waals surface area contributed by atoms with E-state index in [1.165, 1.54) is 44.9 Å². The van der Waals surface area contributed by atoms with Gasteiger partial charge in [-0.2, -0.15) is 0 Å². The average Bonchev–Trinajstić information content (AvgIpc) is 2.33. The van der Waals surface area contributed by atoms with Gasteiger partial charge in [0.05, 0.1) is 12.2 Å². The van der Waals surface area contributed by atoms with E-state index in [-0.39, 0.29) is 36.2 Å². The van der Waals surface area contributed by atoms with E-state index in [2.05, 4.69) is 6.92 Å². The summed E-state index contributed by atoms with van der Waals surface area (Å²) in [5.41, 5.74) is -0.727. The van der Waals surface area contributed by atoms with Gasteiger partial charge in [0.1, 0.15) is 0 Å². The van der Waals surface area contributed by atoms with Gasteiger partial charge in [-0.1, -0.05) is 64.7 Å². The summed E-state index contributed by atoms with van der Waals surface area (Å²) in [7, 11) is -4.14. The molecule has 0 spiro atoms. The fourth-order valence-electron chi connectivity index (χ4n) is 2.13. The predicted octanol–water partition coefficient (Wildman–Crippen LogP) is 2.21. The maximum atomic E-state index is 11.5. The summed E-state index contributed by atoms with van der Waals surface area (Å²) in [5.74, 6) is 0. The molecule has 1 unspecified atom stereocenters. The molecule has 0 aromatic carbocycles. The van der Waals surface area contributed by atoms with Crippen LogP contribution in [0.1, 0.15) is 91.9 Å². The molecule has 0 aromatic heterocycles. The van der Waals surface area contributed by atoms with Crippen LogP contribution in [0, 0.1) is 0 Å². The normalized spacial score (nSPS) is 14.4. The minimum Gasteiger partial charge on any atom is -0.756 e. The van der Waals surface area contributed by atoms with Crippen LogP contribution in [-0.2, 0) is 13.6 Å². The fraction of sp³-hybridized carbons (Fsp3) is 1.00. The van der Waals surface area contributed by atoms with Crippen LogP contribution in [0.5, 0.6) is 0 Å². The molecule has 0 radical (unpaired) electrons. The van der Waals surface area contributed by atoms with Crippen molar-refractivity contribution in [2.75, 3.05) is 6.61 Å². The van der Waals surface area contributed by atoms with Crippen molar-refractivity contribution in [3.8, 4) is 0 Å². The largest absolute Gasteiger partial charge is 1.00 e. The Labute approximate surface area is 159 Å². The Bertz CT molecular complexity index is 292. The molecule has 0 aliphatic heterocycles. The monoisotopic (exact) mass is 344 g/mol. The van der Waals surface area contributed by atoms with Gasteiger partial charge in [-0.25, -0.2) is 0 Å². The van der Waals surface area contributed by atoms with Crippen LogP contribution in [0.2, 0.25) is 0 Å². The van der Waals surface area contributed by atoms with Crippen LogP contribution in [-0.4, -0.2) is 12.2 Å². The van der Waals surface area contributed by atoms with Crippen molar-refractivity contribution in [3.63, 3.8) is 0 Å². The summed E-state index contributed by atoms with van der Waals surface area (Å²) in [4.78, 5) is 11.5. The first-order valence-electron chi connectivity index (χ1n) is 8.43. The molecule has 0 N–H and O–H groups in total. The molecule has 4 nitrogen and oxygen atoms in total. The number of hydrogen-bond acceptors (Lipinski definition) is 4. The minimum atomic E-state index is -4.14. The first-order valence-corrected chi connectivity index (χ1v) is 9.89. The molecule has 0 saturated carbocycles. The van der Waals surface area contributed by atoms with Crippen molar-refractivity contribution in [2.24, 2.45) is 0 Å². The summed E-state index contributed by atoms with van der Waals surface area (Å²) >= 11 is 0. The predicted molar refractivity (Wildman–Crippen MR) is 86.2 cm³/mol. The van der Waals surface area contributed by atoms with Crippen molar-refractivity contribution in [3.05, 3.63) is 0 Å². The number of phosphoric ester groups is 1. The van der Waals surface area contributed by atoms with Crippen molar-refractivity contribution in [2.45, 2.75) is 97.5 Å². The number of rotatable bonds is 13. The van der Waals surface area contributed by atoms with Crippen LogP contribution in [0.25, 0.3) is 0 Å². The maximum Gasteiger partial charge on any atom is 1.00 e. The van der Waals surface area contributed by atoms with Gasteiger partial charge in [-0.15, -0.1) is 0 Å². The van der Waals surface area contributed by atoms with Gasteiger partial charge >= 0.3 is 29.6 Å². The van der Waals surface area contributed by atoms with E-state index < -0.39 is 13.4 Å². The van der Waals surface area contributed by atoms with Crippen LogP contribution >= 0.6 is 7.82 Å². The molecule has 0 saturated heterocycles. The third kappa shape index (κ3) is 19.2. The Kier molecular flexibility index (Phi) is 16.7. The molecular weight excluding hydrogens is 310 g/mol. The first kappa shape index (κ1) is 25.4. The topological polar surface area (TPSA) is 58.6 Å². The van der Waals surface area contributed by atoms with E-state index in [9.17, 15) is 9.46 Å². The average molecular weight is 344 g/mol. The van der Waals surface area contributed by atoms with E-state index in [0.717, 1.165) is 19.3 Å². The van der Waals surface area contributed by atoms with Crippen LogP contribution in [0.4, 0.5) is 0 Å². The summed E-state index contributed by atoms with van der Waals surface area (Å²) in [6.45, 7) is 7.55. The van der Waals surface area contributed by atoms with E-state index in [4.69, 9.17) is 9.05 Å². The minimum absolute atomic E-state index is 0. The molecule has 22 heavy (non-hydrogen) atoms. The van der Waals surface area contributed by atoms with E-state index in [1.807, 2.05) is 0 Å². The summed E-state index contributed by atoms with van der Waals surface area (Å²) in [6, 6.07) is 0. The zero-order valence-corrected chi connectivity index (χ0v) is 18.3. The Morgan fingerprint density at radius 3 is 1.68 bits per heavy atom. The first-order chi connectivity index (χ1) is 9.77. The van der Waals surface area contributed by atoms with Gasteiger partial charge in [0.15, 0.2) is 0 Å². The quantitative estimate of drug-likeness (QED) is 0.292. The molecular formula is C16H34NaO4P. The maximum absolute atomic E-state index is 11.5. The molecule has 0 amide bonds. The Morgan fingerprint density at radius 1 is 0.864 bits per heavy atom. The van der Waals surface area contributed by atoms with Gasteiger partial charge in [0.2, 0.25) is 0 Å². The molecule has 0 aliphatic rings. The van der Waals surface area contributed by atoms with E-state index in [0.29, 0.717) is 0 Å². The second-order valence-corrected chi connectivity index (χ2v) is 8.00. The molecule has 128 valence electrons. The van der Waals surface area contributed by atoms with Gasteiger partial charge in [-0.05, 0) is 27.2 Å². The Balaban J connectivity index is 0. The van der Waals surface area contributed by atoms with Gasteiger partial charge in [0.25, 0.3) is 7.82 Å². The van der Waals surface area contributed by atoms with Crippen molar-refractivity contribution < 1.29 is 48.1 Å². The molecule has 0 bridgehead atoms. The molecule has 6 heteroatoms. The SMILES string of the molecule is CCCCCCCCCCCCOP(=O)([O-])OC(C)(C)C.[Na+]. The zero-order valence-electron chi connectivity index (χ0n) is 15.4. The van der Waals surface area contributed by atoms with Gasteiger partial charge in [0, 0.05) is 0 Å². The number of unbranched alkanes of at least 4 members (excludes halogenated alkanes) is 9.